The summed E-state index contributed by atoms with van der Waals surface area (Å²) in [6.45, 7) is 3.68. The average molecular weight is 238 g/mol. The first-order valence-corrected chi connectivity index (χ1v) is 5.71. The Balaban J connectivity index is 2.33. The maximum absolute atomic E-state index is 13.0. The second-order valence-electron chi connectivity index (χ2n) is 4.52. The van der Waals surface area contributed by atoms with E-state index in [1.165, 1.54) is 0 Å². The van der Waals surface area contributed by atoms with Gasteiger partial charge in [0, 0.05) is 13.1 Å². The largest absolute Gasteiger partial charge is 0.478 e. The van der Waals surface area contributed by atoms with Crippen LogP contribution in [0.2, 0.25) is 0 Å². The van der Waals surface area contributed by atoms with E-state index >= 15 is 0 Å². The van der Waals surface area contributed by atoms with Gasteiger partial charge >= 0.3 is 5.97 Å². The van der Waals surface area contributed by atoms with Crippen molar-refractivity contribution < 1.29 is 14.3 Å². The van der Waals surface area contributed by atoms with E-state index in [-0.39, 0.29) is 5.56 Å². The lowest BCUT2D eigenvalue weighted by Crippen LogP contribution is -2.36. The molecule has 5 heteroatoms. The molecule has 0 aromatic carbocycles. The summed E-state index contributed by atoms with van der Waals surface area (Å²) in [5.41, 5.74) is -0.0564. The lowest BCUT2D eigenvalue weighted by Gasteiger charge is -2.32. The number of carboxylic acid groups (broad SMARTS) is 1. The number of aromatic nitrogens is 1. The SMILES string of the molecule is CC1CCCN(c2ncc(F)cc2C(=O)O)C1. The highest BCUT2D eigenvalue weighted by atomic mass is 19.1. The average Bonchev–Trinajstić information content (AvgIpc) is 2.28. The summed E-state index contributed by atoms with van der Waals surface area (Å²) in [4.78, 5) is 16.9. The number of anilines is 1. The monoisotopic (exact) mass is 238 g/mol. The molecule has 0 amide bonds. The van der Waals surface area contributed by atoms with Crippen molar-refractivity contribution in [3.8, 4) is 0 Å². The first-order chi connectivity index (χ1) is 8.08. The summed E-state index contributed by atoms with van der Waals surface area (Å²) in [6, 6.07) is 1.03. The van der Waals surface area contributed by atoms with Crippen molar-refractivity contribution in [1.82, 2.24) is 4.98 Å². The van der Waals surface area contributed by atoms with Gasteiger partial charge in [-0.2, -0.15) is 0 Å². The molecule has 1 saturated heterocycles. The summed E-state index contributed by atoms with van der Waals surface area (Å²) in [6.07, 6.45) is 3.22. The Hall–Kier alpha value is -1.65. The zero-order chi connectivity index (χ0) is 12.4. The predicted octanol–water partition coefficient (Wildman–Crippen LogP) is 2.16. The number of hydrogen-bond acceptors (Lipinski definition) is 3. The van der Waals surface area contributed by atoms with Crippen LogP contribution in [-0.4, -0.2) is 29.1 Å². The van der Waals surface area contributed by atoms with Crippen LogP contribution >= 0.6 is 0 Å². The molecule has 1 aliphatic heterocycles. The third-order valence-electron chi connectivity index (χ3n) is 3.02. The molecule has 2 heterocycles. The number of carbonyl (C=O) groups is 1. The molecule has 0 saturated carbocycles. The Kier molecular flexibility index (Phi) is 3.26. The molecule has 1 aromatic heterocycles. The fourth-order valence-electron chi connectivity index (χ4n) is 2.22. The summed E-state index contributed by atoms with van der Waals surface area (Å²) in [7, 11) is 0. The summed E-state index contributed by atoms with van der Waals surface area (Å²) < 4.78 is 13.0. The van der Waals surface area contributed by atoms with Gasteiger partial charge in [0.15, 0.2) is 0 Å². The van der Waals surface area contributed by atoms with Crippen molar-refractivity contribution >= 4 is 11.8 Å². The summed E-state index contributed by atoms with van der Waals surface area (Å²) >= 11 is 0. The van der Waals surface area contributed by atoms with Gasteiger partial charge in [-0.1, -0.05) is 6.92 Å². The smallest absolute Gasteiger partial charge is 0.339 e. The van der Waals surface area contributed by atoms with Gasteiger partial charge < -0.3 is 10.0 Å². The first-order valence-electron chi connectivity index (χ1n) is 5.71. The molecule has 0 radical (unpaired) electrons. The number of pyridine rings is 1. The minimum absolute atomic E-state index is 0.0564. The van der Waals surface area contributed by atoms with Crippen LogP contribution in [0.5, 0.6) is 0 Å². The first kappa shape index (κ1) is 11.8. The molecule has 2 rings (SSSR count). The third-order valence-corrected chi connectivity index (χ3v) is 3.02. The normalized spacial score (nSPS) is 20.4. The van der Waals surface area contributed by atoms with Crippen LogP contribution < -0.4 is 4.90 Å². The molecule has 1 aromatic rings. The highest BCUT2D eigenvalue weighted by molar-refractivity contribution is 5.93. The number of aromatic carboxylic acids is 1. The van der Waals surface area contributed by atoms with Crippen molar-refractivity contribution in [3.05, 3.63) is 23.6 Å². The molecule has 4 nitrogen and oxygen atoms in total. The van der Waals surface area contributed by atoms with Crippen LogP contribution in [0.15, 0.2) is 12.3 Å². The van der Waals surface area contributed by atoms with Crippen LogP contribution in [0.4, 0.5) is 10.2 Å². The number of halogens is 1. The van der Waals surface area contributed by atoms with Gasteiger partial charge in [-0.25, -0.2) is 14.2 Å². The molecule has 0 bridgehead atoms. The Bertz CT molecular complexity index is 437. The topological polar surface area (TPSA) is 53.4 Å². The van der Waals surface area contributed by atoms with Gasteiger partial charge in [-0.3, -0.25) is 0 Å². The second kappa shape index (κ2) is 4.69. The van der Waals surface area contributed by atoms with Crippen molar-refractivity contribution in [1.29, 1.82) is 0 Å². The predicted molar refractivity (Wildman–Crippen MR) is 61.8 cm³/mol. The van der Waals surface area contributed by atoms with E-state index in [4.69, 9.17) is 5.11 Å². The van der Waals surface area contributed by atoms with E-state index in [0.717, 1.165) is 38.2 Å². The Labute approximate surface area is 99.1 Å². The minimum Gasteiger partial charge on any atom is -0.478 e. The molecule has 1 unspecified atom stereocenters. The van der Waals surface area contributed by atoms with E-state index in [1.54, 1.807) is 0 Å². The van der Waals surface area contributed by atoms with Gasteiger partial charge in [0.05, 0.1) is 6.20 Å². The fourth-order valence-corrected chi connectivity index (χ4v) is 2.22. The summed E-state index contributed by atoms with van der Waals surface area (Å²) in [5.74, 6) is -0.857. The molecular weight excluding hydrogens is 223 g/mol. The van der Waals surface area contributed by atoms with Crippen molar-refractivity contribution in [2.75, 3.05) is 18.0 Å². The van der Waals surface area contributed by atoms with E-state index < -0.39 is 11.8 Å². The standard InChI is InChI=1S/C12H15FN2O2/c1-8-3-2-4-15(7-8)11-10(12(16)17)5-9(13)6-14-11/h5-6,8H,2-4,7H2,1H3,(H,16,17). The van der Waals surface area contributed by atoms with Gasteiger partial charge in [0.1, 0.15) is 17.2 Å². The molecule has 17 heavy (non-hydrogen) atoms. The second-order valence-corrected chi connectivity index (χ2v) is 4.52. The van der Waals surface area contributed by atoms with Crippen LogP contribution in [-0.2, 0) is 0 Å². The van der Waals surface area contributed by atoms with Crippen LogP contribution in [0, 0.1) is 11.7 Å². The number of hydrogen-bond donors (Lipinski definition) is 1. The highest BCUT2D eigenvalue weighted by Crippen LogP contribution is 2.24. The van der Waals surface area contributed by atoms with Crippen LogP contribution in [0.1, 0.15) is 30.1 Å². The zero-order valence-electron chi connectivity index (χ0n) is 9.69. The molecule has 92 valence electrons. The minimum atomic E-state index is -1.13. The lowest BCUT2D eigenvalue weighted by molar-refractivity contribution is 0.0696. The molecule has 0 aliphatic carbocycles. The Morgan fingerprint density at radius 2 is 2.41 bits per heavy atom. The highest BCUT2D eigenvalue weighted by Gasteiger charge is 2.22. The van der Waals surface area contributed by atoms with Gasteiger partial charge in [-0.05, 0) is 24.8 Å². The molecule has 1 atom stereocenters. The maximum atomic E-state index is 13.0. The van der Waals surface area contributed by atoms with E-state index in [9.17, 15) is 9.18 Å². The third kappa shape index (κ3) is 2.54. The molecular formula is C12H15FN2O2. The molecule has 1 aliphatic rings. The maximum Gasteiger partial charge on any atom is 0.339 e. The fraction of sp³-hybridized carbons (Fsp3) is 0.500. The van der Waals surface area contributed by atoms with Crippen molar-refractivity contribution in [3.63, 3.8) is 0 Å². The van der Waals surface area contributed by atoms with Crippen LogP contribution in [0.25, 0.3) is 0 Å². The molecule has 1 N–H and O–H groups in total. The van der Waals surface area contributed by atoms with Gasteiger partial charge in [0.2, 0.25) is 0 Å². The van der Waals surface area contributed by atoms with Gasteiger partial charge in [-0.15, -0.1) is 0 Å². The molecule has 1 fully saturated rings. The van der Waals surface area contributed by atoms with Crippen molar-refractivity contribution in [2.45, 2.75) is 19.8 Å². The number of piperidine rings is 1. The number of nitrogens with zero attached hydrogens (tertiary/aromatic N) is 2. The Morgan fingerprint density at radius 1 is 1.65 bits per heavy atom. The van der Waals surface area contributed by atoms with Crippen molar-refractivity contribution in [2.24, 2.45) is 5.92 Å². The summed E-state index contributed by atoms with van der Waals surface area (Å²) in [5, 5.41) is 9.05. The van der Waals surface area contributed by atoms with E-state index in [1.807, 2.05) is 4.90 Å². The van der Waals surface area contributed by atoms with Gasteiger partial charge in [0.25, 0.3) is 0 Å². The Morgan fingerprint density at radius 3 is 3.06 bits per heavy atom. The molecule has 0 spiro atoms. The lowest BCUT2D eigenvalue weighted by atomic mass is 10.00. The number of carboxylic acids is 1. The zero-order valence-corrected chi connectivity index (χ0v) is 9.69. The van der Waals surface area contributed by atoms with Crippen LogP contribution in [0.3, 0.4) is 0 Å². The quantitative estimate of drug-likeness (QED) is 0.857. The number of rotatable bonds is 2. The van der Waals surface area contributed by atoms with E-state index in [0.29, 0.717) is 11.7 Å². The van der Waals surface area contributed by atoms with E-state index in [2.05, 4.69) is 11.9 Å².